The summed E-state index contributed by atoms with van der Waals surface area (Å²) in [6, 6.07) is 13.2. The van der Waals surface area contributed by atoms with Gasteiger partial charge in [-0.2, -0.15) is 5.10 Å². The van der Waals surface area contributed by atoms with Crippen LogP contribution in [0.2, 0.25) is 0 Å². The van der Waals surface area contributed by atoms with Crippen molar-refractivity contribution in [3.8, 4) is 0 Å². The molecule has 5 nitrogen and oxygen atoms in total. The fourth-order valence-corrected chi connectivity index (χ4v) is 2.69. The third kappa shape index (κ3) is 4.25. The number of carbonyl (C=O) groups excluding carboxylic acids is 1. The van der Waals surface area contributed by atoms with Gasteiger partial charge in [-0.1, -0.05) is 31.5 Å². The first-order chi connectivity index (χ1) is 12.7. The minimum absolute atomic E-state index is 0.247. The zero-order valence-electron chi connectivity index (χ0n) is 14.9. The molecule has 0 atom stereocenters. The second-order valence-electron chi connectivity index (χ2n) is 6.03. The maximum atomic E-state index is 12.6. The SMILES string of the molecule is CCCc1cc(C(=O)N/N=C/C(C)=C/c2ccco2)c2ccccc2n1. The van der Waals surface area contributed by atoms with Crippen LogP contribution in [0.4, 0.5) is 0 Å². The van der Waals surface area contributed by atoms with Crippen molar-refractivity contribution >= 4 is 29.1 Å². The van der Waals surface area contributed by atoms with E-state index in [1.54, 1.807) is 12.5 Å². The number of fused-ring (bicyclic) bond motifs is 1. The van der Waals surface area contributed by atoms with Crippen molar-refractivity contribution in [3.05, 3.63) is 71.3 Å². The third-order valence-electron chi connectivity index (χ3n) is 3.87. The molecule has 0 aliphatic carbocycles. The van der Waals surface area contributed by atoms with Gasteiger partial charge in [0.15, 0.2) is 0 Å². The molecule has 5 heteroatoms. The standard InChI is InChI=1S/C21H21N3O2/c1-3-7-16-13-19(18-9-4-5-10-20(18)23-16)21(25)24-22-14-15(2)12-17-8-6-11-26-17/h4-6,8-14H,3,7H2,1-2H3,(H,24,25)/b15-12+,22-14+. The molecule has 3 aromatic rings. The Morgan fingerprint density at radius 3 is 2.88 bits per heavy atom. The van der Waals surface area contributed by atoms with Crippen LogP contribution in [-0.2, 0) is 6.42 Å². The van der Waals surface area contributed by atoms with E-state index in [1.165, 1.54) is 0 Å². The number of rotatable bonds is 6. The molecule has 2 aromatic heterocycles. The number of allylic oxidation sites excluding steroid dienone is 1. The second-order valence-corrected chi connectivity index (χ2v) is 6.03. The molecule has 1 N–H and O–H groups in total. The minimum Gasteiger partial charge on any atom is -0.465 e. The van der Waals surface area contributed by atoms with Crippen molar-refractivity contribution in [1.29, 1.82) is 0 Å². The first-order valence-electron chi connectivity index (χ1n) is 8.61. The molecule has 0 spiro atoms. The number of pyridine rings is 1. The largest absolute Gasteiger partial charge is 0.465 e. The van der Waals surface area contributed by atoms with Crippen LogP contribution in [0, 0.1) is 0 Å². The summed E-state index contributed by atoms with van der Waals surface area (Å²) in [5.41, 5.74) is 5.79. The Morgan fingerprint density at radius 1 is 1.27 bits per heavy atom. The van der Waals surface area contributed by atoms with Crippen LogP contribution in [0.5, 0.6) is 0 Å². The summed E-state index contributed by atoms with van der Waals surface area (Å²) in [6.07, 6.45) is 6.86. The summed E-state index contributed by atoms with van der Waals surface area (Å²) < 4.78 is 5.25. The highest BCUT2D eigenvalue weighted by atomic mass is 16.3. The molecule has 0 aliphatic heterocycles. The first-order valence-corrected chi connectivity index (χ1v) is 8.61. The van der Waals surface area contributed by atoms with E-state index in [9.17, 15) is 4.79 Å². The maximum absolute atomic E-state index is 12.6. The fourth-order valence-electron chi connectivity index (χ4n) is 2.69. The third-order valence-corrected chi connectivity index (χ3v) is 3.87. The molecule has 26 heavy (non-hydrogen) atoms. The topological polar surface area (TPSA) is 67.5 Å². The average molecular weight is 347 g/mol. The number of nitrogens with one attached hydrogen (secondary N) is 1. The van der Waals surface area contributed by atoms with Gasteiger partial charge in [0.1, 0.15) is 5.76 Å². The lowest BCUT2D eigenvalue weighted by Gasteiger charge is -2.08. The molecule has 1 aromatic carbocycles. The number of carbonyl (C=O) groups is 1. The van der Waals surface area contributed by atoms with Crippen LogP contribution >= 0.6 is 0 Å². The van der Waals surface area contributed by atoms with E-state index in [2.05, 4.69) is 22.4 Å². The van der Waals surface area contributed by atoms with E-state index in [4.69, 9.17) is 4.42 Å². The molecule has 0 fully saturated rings. The summed E-state index contributed by atoms with van der Waals surface area (Å²) >= 11 is 0. The van der Waals surface area contributed by atoms with Crippen LogP contribution in [0.1, 0.15) is 42.1 Å². The van der Waals surface area contributed by atoms with Crippen molar-refractivity contribution < 1.29 is 9.21 Å². The molecular formula is C21H21N3O2. The van der Waals surface area contributed by atoms with Crippen LogP contribution < -0.4 is 5.43 Å². The molecule has 132 valence electrons. The highest BCUT2D eigenvalue weighted by Gasteiger charge is 2.12. The van der Waals surface area contributed by atoms with Gasteiger partial charge in [0.2, 0.25) is 0 Å². The number of amides is 1. The lowest BCUT2D eigenvalue weighted by Crippen LogP contribution is -2.18. The molecule has 0 saturated carbocycles. The Bertz CT molecular complexity index is 957. The van der Waals surface area contributed by atoms with E-state index in [0.717, 1.165) is 40.8 Å². The van der Waals surface area contributed by atoms with E-state index < -0.39 is 0 Å². The normalized spacial score (nSPS) is 12.0. The second kappa shape index (κ2) is 8.25. The Morgan fingerprint density at radius 2 is 2.12 bits per heavy atom. The number of aryl methyl sites for hydroxylation is 1. The van der Waals surface area contributed by atoms with Crippen LogP contribution in [0.3, 0.4) is 0 Å². The molecule has 0 saturated heterocycles. The van der Waals surface area contributed by atoms with Crippen molar-refractivity contribution in [2.45, 2.75) is 26.7 Å². The first kappa shape index (κ1) is 17.6. The van der Waals surface area contributed by atoms with Crippen LogP contribution in [0.15, 0.2) is 63.8 Å². The fraction of sp³-hybridized carbons (Fsp3) is 0.190. The Hall–Kier alpha value is -3.21. The predicted molar refractivity (Wildman–Crippen MR) is 104 cm³/mol. The van der Waals surface area contributed by atoms with E-state index in [0.29, 0.717) is 5.56 Å². The monoisotopic (exact) mass is 347 g/mol. The highest BCUT2D eigenvalue weighted by molar-refractivity contribution is 6.06. The Balaban J connectivity index is 1.80. The van der Waals surface area contributed by atoms with E-state index in [-0.39, 0.29) is 5.91 Å². The predicted octanol–water partition coefficient (Wildman–Crippen LogP) is 4.60. The van der Waals surface area contributed by atoms with Gasteiger partial charge in [-0.15, -0.1) is 0 Å². The Kier molecular flexibility index (Phi) is 5.59. The molecular weight excluding hydrogens is 326 g/mol. The van der Waals surface area contributed by atoms with Crippen LogP contribution in [0.25, 0.3) is 17.0 Å². The van der Waals surface area contributed by atoms with E-state index >= 15 is 0 Å². The van der Waals surface area contributed by atoms with Gasteiger partial charge in [0.25, 0.3) is 5.91 Å². The van der Waals surface area contributed by atoms with Gasteiger partial charge in [-0.05, 0) is 49.3 Å². The van der Waals surface area contributed by atoms with Gasteiger partial charge < -0.3 is 4.42 Å². The number of para-hydroxylation sites is 1. The average Bonchev–Trinajstić information content (AvgIpc) is 3.14. The summed E-state index contributed by atoms with van der Waals surface area (Å²) in [4.78, 5) is 17.2. The molecule has 0 radical (unpaired) electrons. The van der Waals surface area contributed by atoms with Crippen molar-refractivity contribution in [2.24, 2.45) is 5.10 Å². The van der Waals surface area contributed by atoms with Crippen LogP contribution in [-0.4, -0.2) is 17.1 Å². The van der Waals surface area contributed by atoms with E-state index in [1.807, 2.05) is 55.5 Å². The number of hydrazone groups is 1. The summed E-state index contributed by atoms with van der Waals surface area (Å²) in [7, 11) is 0. The molecule has 0 unspecified atom stereocenters. The number of hydrogen-bond donors (Lipinski definition) is 1. The molecule has 0 bridgehead atoms. The van der Waals surface area contributed by atoms with Gasteiger partial charge >= 0.3 is 0 Å². The van der Waals surface area contributed by atoms with Gasteiger partial charge in [-0.25, -0.2) is 5.43 Å². The van der Waals surface area contributed by atoms with Gasteiger partial charge in [0.05, 0.1) is 23.6 Å². The summed E-state index contributed by atoms with van der Waals surface area (Å²) in [6.45, 7) is 3.98. The quantitative estimate of drug-likeness (QED) is 0.523. The molecule has 0 aliphatic rings. The molecule has 2 heterocycles. The zero-order chi connectivity index (χ0) is 18.4. The van der Waals surface area contributed by atoms with Crippen molar-refractivity contribution in [3.63, 3.8) is 0 Å². The number of aromatic nitrogens is 1. The lowest BCUT2D eigenvalue weighted by molar-refractivity contribution is 0.0956. The number of nitrogens with zero attached hydrogens (tertiary/aromatic N) is 2. The van der Waals surface area contributed by atoms with Gasteiger partial charge in [0, 0.05) is 11.1 Å². The molecule has 1 amide bonds. The number of furan rings is 1. The molecule has 3 rings (SSSR count). The minimum atomic E-state index is -0.247. The van der Waals surface area contributed by atoms with Crippen molar-refractivity contribution in [1.82, 2.24) is 10.4 Å². The van der Waals surface area contributed by atoms with Crippen molar-refractivity contribution in [2.75, 3.05) is 0 Å². The Labute approximate surface area is 152 Å². The smallest absolute Gasteiger partial charge is 0.272 e. The summed E-state index contributed by atoms with van der Waals surface area (Å²) in [5, 5.41) is 4.88. The zero-order valence-corrected chi connectivity index (χ0v) is 14.9. The lowest BCUT2D eigenvalue weighted by atomic mass is 10.1. The highest BCUT2D eigenvalue weighted by Crippen LogP contribution is 2.19. The summed E-state index contributed by atoms with van der Waals surface area (Å²) in [5.74, 6) is 0.493. The van der Waals surface area contributed by atoms with Gasteiger partial charge in [-0.3, -0.25) is 9.78 Å². The number of hydrogen-bond acceptors (Lipinski definition) is 4. The maximum Gasteiger partial charge on any atom is 0.272 e. The number of benzene rings is 1.